The van der Waals surface area contributed by atoms with Crippen LogP contribution in [-0.2, 0) is 9.53 Å². The SMILES string of the molecule is COC(=O)CCCCOc1ccc2nc(-c3ccccc3)n(-c3ccc(N)cc3)c2c1. The van der Waals surface area contributed by atoms with Crippen LogP contribution in [0.3, 0.4) is 0 Å². The van der Waals surface area contributed by atoms with Gasteiger partial charge < -0.3 is 15.2 Å². The largest absolute Gasteiger partial charge is 0.494 e. The highest BCUT2D eigenvalue weighted by Crippen LogP contribution is 2.31. The molecule has 0 radical (unpaired) electrons. The fraction of sp³-hybridized carbons (Fsp3) is 0.200. The summed E-state index contributed by atoms with van der Waals surface area (Å²) in [5.41, 5.74) is 10.5. The number of hydrogen-bond donors (Lipinski definition) is 1. The Morgan fingerprint density at radius 3 is 2.52 bits per heavy atom. The number of esters is 1. The quantitative estimate of drug-likeness (QED) is 0.249. The van der Waals surface area contributed by atoms with Gasteiger partial charge in [-0.3, -0.25) is 9.36 Å². The van der Waals surface area contributed by atoms with E-state index in [1.165, 1.54) is 7.11 Å². The zero-order chi connectivity index (χ0) is 21.6. The standard InChI is InChI=1S/C25H25N3O3/c1-30-24(29)9-5-6-16-31-21-14-15-22-23(17-21)28(20-12-10-19(26)11-13-20)25(27-22)18-7-3-2-4-8-18/h2-4,7-8,10-15,17H,5-6,9,16,26H2,1H3. The molecule has 0 spiro atoms. The number of imidazole rings is 1. The number of fused-ring (bicyclic) bond motifs is 1. The van der Waals surface area contributed by atoms with E-state index in [0.717, 1.165) is 46.7 Å². The summed E-state index contributed by atoms with van der Waals surface area (Å²) in [5.74, 6) is 1.43. The van der Waals surface area contributed by atoms with E-state index in [2.05, 4.69) is 9.30 Å². The van der Waals surface area contributed by atoms with Crippen molar-refractivity contribution in [1.82, 2.24) is 9.55 Å². The molecule has 158 valence electrons. The number of aromatic nitrogens is 2. The molecule has 4 aromatic rings. The van der Waals surface area contributed by atoms with Crippen molar-refractivity contribution in [3.63, 3.8) is 0 Å². The monoisotopic (exact) mass is 415 g/mol. The summed E-state index contributed by atoms with van der Waals surface area (Å²) in [6, 6.07) is 23.8. The molecule has 6 heteroatoms. The number of nitrogens with two attached hydrogens (primary N) is 1. The van der Waals surface area contributed by atoms with Crippen LogP contribution in [0.5, 0.6) is 5.75 Å². The Balaban J connectivity index is 1.65. The molecule has 2 N–H and O–H groups in total. The predicted molar refractivity (Wildman–Crippen MR) is 122 cm³/mol. The smallest absolute Gasteiger partial charge is 0.305 e. The third-order valence-corrected chi connectivity index (χ3v) is 5.08. The molecule has 0 saturated carbocycles. The van der Waals surface area contributed by atoms with E-state index in [0.29, 0.717) is 18.7 Å². The fourth-order valence-electron chi connectivity index (χ4n) is 3.47. The second-order valence-corrected chi connectivity index (χ2v) is 7.26. The topological polar surface area (TPSA) is 79.4 Å². The van der Waals surface area contributed by atoms with Crippen molar-refractivity contribution < 1.29 is 14.3 Å². The number of hydrogen-bond acceptors (Lipinski definition) is 5. The van der Waals surface area contributed by atoms with Gasteiger partial charge >= 0.3 is 5.97 Å². The molecule has 4 rings (SSSR count). The van der Waals surface area contributed by atoms with Gasteiger partial charge in [0.1, 0.15) is 11.6 Å². The van der Waals surface area contributed by atoms with E-state index in [1.54, 1.807) is 0 Å². The highest BCUT2D eigenvalue weighted by atomic mass is 16.5. The minimum atomic E-state index is -0.192. The van der Waals surface area contributed by atoms with E-state index in [-0.39, 0.29) is 5.97 Å². The molecule has 0 saturated heterocycles. The van der Waals surface area contributed by atoms with Crippen LogP contribution in [-0.4, -0.2) is 29.2 Å². The molecule has 0 aliphatic carbocycles. The third-order valence-electron chi connectivity index (χ3n) is 5.08. The summed E-state index contributed by atoms with van der Waals surface area (Å²) in [6.07, 6.45) is 1.92. The van der Waals surface area contributed by atoms with Crippen LogP contribution < -0.4 is 10.5 Å². The normalized spacial score (nSPS) is 10.9. The van der Waals surface area contributed by atoms with Gasteiger partial charge in [0.15, 0.2) is 0 Å². The van der Waals surface area contributed by atoms with Crippen LogP contribution >= 0.6 is 0 Å². The first-order valence-corrected chi connectivity index (χ1v) is 10.3. The number of carbonyl (C=O) groups is 1. The summed E-state index contributed by atoms with van der Waals surface area (Å²) < 4.78 is 12.7. The van der Waals surface area contributed by atoms with Crippen LogP contribution in [0.1, 0.15) is 19.3 Å². The molecule has 1 aromatic heterocycles. The third kappa shape index (κ3) is 4.69. The van der Waals surface area contributed by atoms with Gasteiger partial charge in [-0.05, 0) is 49.2 Å². The van der Waals surface area contributed by atoms with Crippen LogP contribution in [0.2, 0.25) is 0 Å². The van der Waals surface area contributed by atoms with Gasteiger partial charge in [-0.1, -0.05) is 30.3 Å². The van der Waals surface area contributed by atoms with Crippen LogP contribution in [0, 0.1) is 0 Å². The zero-order valence-corrected chi connectivity index (χ0v) is 17.5. The van der Waals surface area contributed by atoms with E-state index in [9.17, 15) is 4.79 Å². The first kappa shape index (κ1) is 20.5. The lowest BCUT2D eigenvalue weighted by Crippen LogP contribution is -2.03. The van der Waals surface area contributed by atoms with Gasteiger partial charge in [0.2, 0.25) is 0 Å². The first-order chi connectivity index (χ1) is 15.2. The number of carbonyl (C=O) groups excluding carboxylic acids is 1. The maximum atomic E-state index is 11.2. The molecule has 0 fully saturated rings. The Hall–Kier alpha value is -3.80. The van der Waals surface area contributed by atoms with Crippen LogP contribution in [0.4, 0.5) is 5.69 Å². The summed E-state index contributed by atoms with van der Waals surface area (Å²) in [4.78, 5) is 16.1. The summed E-state index contributed by atoms with van der Waals surface area (Å²) >= 11 is 0. The molecular formula is C25H25N3O3. The minimum Gasteiger partial charge on any atom is -0.494 e. The van der Waals surface area contributed by atoms with Gasteiger partial charge in [-0.2, -0.15) is 0 Å². The summed E-state index contributed by atoms with van der Waals surface area (Å²) in [7, 11) is 1.40. The first-order valence-electron chi connectivity index (χ1n) is 10.3. The van der Waals surface area contributed by atoms with Gasteiger partial charge in [0.05, 0.1) is 24.8 Å². The lowest BCUT2D eigenvalue weighted by molar-refractivity contribution is -0.140. The second kappa shape index (κ2) is 9.34. The molecular weight excluding hydrogens is 390 g/mol. The lowest BCUT2D eigenvalue weighted by Gasteiger charge is -2.11. The van der Waals surface area contributed by atoms with Gasteiger partial charge in [0.25, 0.3) is 0 Å². The fourth-order valence-corrected chi connectivity index (χ4v) is 3.47. The molecule has 0 atom stereocenters. The zero-order valence-electron chi connectivity index (χ0n) is 17.5. The Morgan fingerprint density at radius 2 is 1.77 bits per heavy atom. The molecule has 0 amide bonds. The number of methoxy groups -OCH3 is 1. The average molecular weight is 415 g/mol. The molecule has 1 heterocycles. The van der Waals surface area contributed by atoms with Gasteiger partial charge in [0, 0.05) is 29.4 Å². The minimum absolute atomic E-state index is 0.192. The van der Waals surface area contributed by atoms with Crippen LogP contribution in [0.25, 0.3) is 28.1 Å². The Labute approximate surface area is 181 Å². The number of unbranched alkanes of at least 4 members (excludes halogenated alkanes) is 1. The van der Waals surface area contributed by atoms with Crippen molar-refractivity contribution in [2.75, 3.05) is 19.5 Å². The molecule has 0 aliphatic rings. The number of rotatable bonds is 8. The molecule has 0 unspecified atom stereocenters. The average Bonchev–Trinajstić information content (AvgIpc) is 3.18. The summed E-state index contributed by atoms with van der Waals surface area (Å²) in [5, 5.41) is 0. The van der Waals surface area contributed by atoms with Gasteiger partial charge in [-0.15, -0.1) is 0 Å². The lowest BCUT2D eigenvalue weighted by atomic mass is 10.2. The molecule has 0 aliphatic heterocycles. The van der Waals surface area contributed by atoms with Gasteiger partial charge in [-0.25, -0.2) is 4.98 Å². The van der Waals surface area contributed by atoms with Crippen molar-refractivity contribution in [2.24, 2.45) is 0 Å². The molecule has 3 aromatic carbocycles. The van der Waals surface area contributed by atoms with E-state index in [4.69, 9.17) is 15.5 Å². The number of anilines is 1. The Morgan fingerprint density at radius 1 is 1.00 bits per heavy atom. The number of nitrogen functional groups attached to an aromatic ring is 1. The van der Waals surface area contributed by atoms with Crippen molar-refractivity contribution in [3.8, 4) is 22.8 Å². The maximum absolute atomic E-state index is 11.2. The van der Waals surface area contributed by atoms with Crippen molar-refractivity contribution in [2.45, 2.75) is 19.3 Å². The van der Waals surface area contributed by atoms with E-state index in [1.807, 2.05) is 72.8 Å². The second-order valence-electron chi connectivity index (χ2n) is 7.26. The van der Waals surface area contributed by atoms with Crippen molar-refractivity contribution >= 4 is 22.7 Å². The molecule has 31 heavy (non-hydrogen) atoms. The number of ether oxygens (including phenoxy) is 2. The van der Waals surface area contributed by atoms with Crippen molar-refractivity contribution in [1.29, 1.82) is 0 Å². The molecule has 6 nitrogen and oxygen atoms in total. The number of benzene rings is 3. The Bertz CT molecular complexity index is 1170. The highest BCUT2D eigenvalue weighted by Gasteiger charge is 2.15. The Kier molecular flexibility index (Phi) is 6.17. The predicted octanol–water partition coefficient (Wildman–Crippen LogP) is 5.00. The van der Waals surface area contributed by atoms with Crippen LogP contribution in [0.15, 0.2) is 72.8 Å². The molecule has 0 bridgehead atoms. The van der Waals surface area contributed by atoms with E-state index < -0.39 is 0 Å². The highest BCUT2D eigenvalue weighted by molar-refractivity contribution is 5.84. The maximum Gasteiger partial charge on any atom is 0.305 e. The van der Waals surface area contributed by atoms with E-state index >= 15 is 0 Å². The van der Waals surface area contributed by atoms with Crippen molar-refractivity contribution in [3.05, 3.63) is 72.8 Å². The number of nitrogens with zero attached hydrogens (tertiary/aromatic N) is 2. The summed E-state index contributed by atoms with van der Waals surface area (Å²) in [6.45, 7) is 0.532.